The average Bonchev–Trinajstić information content (AvgIpc) is 2.27. The van der Waals surface area contributed by atoms with Crippen LogP contribution in [0.4, 0.5) is 0 Å². The van der Waals surface area contributed by atoms with Crippen LogP contribution in [0.2, 0.25) is 0 Å². The third-order valence-electron chi connectivity index (χ3n) is 2.42. The molecule has 2 rings (SSSR count). The number of hydrogen-bond donors (Lipinski definition) is 1. The van der Waals surface area contributed by atoms with Crippen LogP contribution in [0.3, 0.4) is 0 Å². The highest BCUT2D eigenvalue weighted by atomic mass is 16.4. The molecule has 0 fully saturated rings. The maximum absolute atomic E-state index is 10.7. The quantitative estimate of drug-likeness (QED) is 0.812. The summed E-state index contributed by atoms with van der Waals surface area (Å²) in [6, 6.07) is 9.14. The first-order valence-electron chi connectivity index (χ1n) is 4.84. The van der Waals surface area contributed by atoms with Crippen LogP contribution in [0.15, 0.2) is 30.3 Å². The van der Waals surface area contributed by atoms with Gasteiger partial charge in [0.2, 0.25) is 0 Å². The lowest BCUT2D eigenvalue weighted by molar-refractivity contribution is 0.0691. The van der Waals surface area contributed by atoms with Crippen molar-refractivity contribution in [3.05, 3.63) is 41.6 Å². The van der Waals surface area contributed by atoms with Crippen LogP contribution in [-0.4, -0.2) is 16.1 Å². The van der Waals surface area contributed by atoms with Gasteiger partial charge in [0.1, 0.15) is 5.69 Å². The monoisotopic (exact) mass is 201 g/mol. The number of carboxylic acids is 1. The van der Waals surface area contributed by atoms with E-state index in [1.807, 2.05) is 24.3 Å². The second-order valence-electron chi connectivity index (χ2n) is 3.34. The van der Waals surface area contributed by atoms with Crippen molar-refractivity contribution in [1.29, 1.82) is 0 Å². The zero-order chi connectivity index (χ0) is 10.8. The summed E-state index contributed by atoms with van der Waals surface area (Å²) in [5, 5.41) is 9.84. The lowest BCUT2D eigenvalue weighted by Gasteiger charge is -2.03. The van der Waals surface area contributed by atoms with Crippen LogP contribution >= 0.6 is 0 Å². The molecule has 1 N–H and O–H groups in total. The Morgan fingerprint density at radius 2 is 2.13 bits per heavy atom. The minimum absolute atomic E-state index is 0.0933. The van der Waals surface area contributed by atoms with E-state index in [0.717, 1.165) is 17.3 Å². The van der Waals surface area contributed by atoms with Crippen molar-refractivity contribution in [3.63, 3.8) is 0 Å². The second kappa shape index (κ2) is 3.69. The molecule has 0 bridgehead atoms. The molecule has 1 heterocycles. The largest absolute Gasteiger partial charge is 0.477 e. The fourth-order valence-electron chi connectivity index (χ4n) is 1.65. The Bertz CT molecular complexity index is 520. The molecule has 0 atom stereocenters. The molecular formula is C12H11NO2. The molecule has 1 aromatic heterocycles. The molecule has 2 aromatic rings. The lowest BCUT2D eigenvalue weighted by atomic mass is 10.1. The maximum atomic E-state index is 10.7. The molecule has 1 aromatic carbocycles. The van der Waals surface area contributed by atoms with Crippen molar-refractivity contribution < 1.29 is 9.90 Å². The van der Waals surface area contributed by atoms with Crippen LogP contribution in [0.5, 0.6) is 0 Å². The predicted molar refractivity (Wildman–Crippen MR) is 58.1 cm³/mol. The number of carbonyl (C=O) groups is 1. The van der Waals surface area contributed by atoms with E-state index in [9.17, 15) is 4.79 Å². The van der Waals surface area contributed by atoms with Crippen LogP contribution in [-0.2, 0) is 6.42 Å². The number of pyridine rings is 1. The fourth-order valence-corrected chi connectivity index (χ4v) is 1.65. The van der Waals surface area contributed by atoms with E-state index >= 15 is 0 Å². The highest BCUT2D eigenvalue weighted by Gasteiger charge is 2.06. The van der Waals surface area contributed by atoms with Crippen molar-refractivity contribution in [1.82, 2.24) is 4.98 Å². The average molecular weight is 201 g/mol. The molecule has 3 heteroatoms. The highest BCUT2D eigenvalue weighted by Crippen LogP contribution is 2.18. The summed E-state index contributed by atoms with van der Waals surface area (Å²) in [7, 11) is 0. The fraction of sp³-hybridized carbons (Fsp3) is 0.167. The van der Waals surface area contributed by atoms with Crippen molar-refractivity contribution in [2.45, 2.75) is 13.3 Å². The van der Waals surface area contributed by atoms with Gasteiger partial charge in [0.25, 0.3) is 0 Å². The van der Waals surface area contributed by atoms with Crippen molar-refractivity contribution in [2.24, 2.45) is 0 Å². The zero-order valence-corrected chi connectivity index (χ0v) is 8.40. The molecule has 0 aliphatic heterocycles. The van der Waals surface area contributed by atoms with Crippen molar-refractivity contribution >= 4 is 16.9 Å². The SMILES string of the molecule is CCc1cccc2nc(C(=O)O)ccc12. The first-order valence-corrected chi connectivity index (χ1v) is 4.84. The van der Waals surface area contributed by atoms with E-state index in [4.69, 9.17) is 5.11 Å². The number of benzene rings is 1. The summed E-state index contributed by atoms with van der Waals surface area (Å²) in [6.45, 7) is 2.07. The van der Waals surface area contributed by atoms with E-state index < -0.39 is 5.97 Å². The minimum Gasteiger partial charge on any atom is -0.477 e. The van der Waals surface area contributed by atoms with Gasteiger partial charge in [-0.15, -0.1) is 0 Å². The molecule has 0 amide bonds. The number of rotatable bonds is 2. The minimum atomic E-state index is -0.987. The van der Waals surface area contributed by atoms with Gasteiger partial charge in [0.05, 0.1) is 5.52 Å². The third kappa shape index (κ3) is 1.68. The van der Waals surface area contributed by atoms with Gasteiger partial charge in [-0.2, -0.15) is 0 Å². The van der Waals surface area contributed by atoms with Gasteiger partial charge in [-0.1, -0.05) is 25.1 Å². The van der Waals surface area contributed by atoms with E-state index in [-0.39, 0.29) is 5.69 Å². The first kappa shape index (κ1) is 9.65. The van der Waals surface area contributed by atoms with E-state index in [1.54, 1.807) is 6.07 Å². The normalized spacial score (nSPS) is 10.5. The number of aryl methyl sites for hydroxylation is 1. The van der Waals surface area contributed by atoms with Gasteiger partial charge in [0.15, 0.2) is 0 Å². The molecule has 0 saturated carbocycles. The molecule has 3 nitrogen and oxygen atoms in total. The summed E-state index contributed by atoms with van der Waals surface area (Å²) in [6.07, 6.45) is 0.922. The second-order valence-corrected chi connectivity index (χ2v) is 3.34. The highest BCUT2D eigenvalue weighted by molar-refractivity contribution is 5.90. The standard InChI is InChI=1S/C12H11NO2/c1-2-8-4-3-5-10-9(8)6-7-11(13-10)12(14)15/h3-7H,2H2,1H3,(H,14,15). The molecule has 15 heavy (non-hydrogen) atoms. The van der Waals surface area contributed by atoms with E-state index in [2.05, 4.69) is 11.9 Å². The topological polar surface area (TPSA) is 50.2 Å². The van der Waals surface area contributed by atoms with Gasteiger partial charge < -0.3 is 5.11 Å². The summed E-state index contributed by atoms with van der Waals surface area (Å²) in [5.41, 5.74) is 2.03. The number of fused-ring (bicyclic) bond motifs is 1. The van der Waals surface area contributed by atoms with E-state index in [0.29, 0.717) is 0 Å². The van der Waals surface area contributed by atoms with Gasteiger partial charge in [0, 0.05) is 5.39 Å². The molecule has 0 unspecified atom stereocenters. The number of aromatic nitrogens is 1. The van der Waals surface area contributed by atoms with Crippen LogP contribution < -0.4 is 0 Å². The number of nitrogens with zero attached hydrogens (tertiary/aromatic N) is 1. The number of hydrogen-bond acceptors (Lipinski definition) is 2. The zero-order valence-electron chi connectivity index (χ0n) is 8.40. The molecular weight excluding hydrogens is 190 g/mol. The van der Waals surface area contributed by atoms with Crippen LogP contribution in [0.1, 0.15) is 23.0 Å². The third-order valence-corrected chi connectivity index (χ3v) is 2.42. The summed E-state index contributed by atoms with van der Waals surface area (Å²) in [5.74, 6) is -0.987. The number of carboxylic acid groups (broad SMARTS) is 1. The smallest absolute Gasteiger partial charge is 0.354 e. The summed E-state index contributed by atoms with van der Waals surface area (Å²) >= 11 is 0. The lowest BCUT2D eigenvalue weighted by Crippen LogP contribution is -2.00. The van der Waals surface area contributed by atoms with Gasteiger partial charge in [-0.05, 0) is 24.1 Å². The Balaban J connectivity index is 2.69. The molecule has 0 radical (unpaired) electrons. The Morgan fingerprint density at radius 1 is 1.33 bits per heavy atom. The Hall–Kier alpha value is -1.90. The Morgan fingerprint density at radius 3 is 2.80 bits per heavy atom. The van der Waals surface area contributed by atoms with Crippen molar-refractivity contribution in [2.75, 3.05) is 0 Å². The molecule has 0 aliphatic carbocycles. The van der Waals surface area contributed by atoms with Gasteiger partial charge in [-0.3, -0.25) is 0 Å². The van der Waals surface area contributed by atoms with Crippen LogP contribution in [0.25, 0.3) is 10.9 Å². The molecule has 0 aliphatic rings. The van der Waals surface area contributed by atoms with Crippen molar-refractivity contribution in [3.8, 4) is 0 Å². The van der Waals surface area contributed by atoms with Gasteiger partial charge in [-0.25, -0.2) is 9.78 Å². The first-order chi connectivity index (χ1) is 7.22. The molecule has 76 valence electrons. The molecule has 0 saturated heterocycles. The summed E-state index contributed by atoms with van der Waals surface area (Å²) in [4.78, 5) is 14.8. The number of aromatic carboxylic acids is 1. The Kier molecular flexibility index (Phi) is 2.37. The Labute approximate surface area is 87.4 Å². The molecule has 0 spiro atoms. The maximum Gasteiger partial charge on any atom is 0.354 e. The van der Waals surface area contributed by atoms with Crippen LogP contribution in [0, 0.1) is 0 Å². The van der Waals surface area contributed by atoms with E-state index in [1.165, 1.54) is 5.56 Å². The van der Waals surface area contributed by atoms with Gasteiger partial charge >= 0.3 is 5.97 Å². The predicted octanol–water partition coefficient (Wildman–Crippen LogP) is 2.50. The summed E-state index contributed by atoms with van der Waals surface area (Å²) < 4.78 is 0.